The molecule has 0 aliphatic heterocycles. The average Bonchev–Trinajstić information content (AvgIpc) is 2.69. The summed E-state index contributed by atoms with van der Waals surface area (Å²) in [5, 5.41) is 2.81. The van der Waals surface area contributed by atoms with E-state index in [0.29, 0.717) is 12.0 Å². The second kappa shape index (κ2) is 9.91. The molecule has 0 aromatic heterocycles. The standard InChI is InChI=1S/C22H22F3NO3/c1-3-19(17-9-4-15(2)5-10-17)26-20(27)14-29-21(28)13-8-16-6-11-18(12-7-16)22(23,24)25/h4-13,19H,3,14H2,1-2H3,(H,26,27)/b13-8+/t19-/m0/s1. The quantitative estimate of drug-likeness (QED) is 0.530. The third-order valence-corrected chi connectivity index (χ3v) is 4.22. The summed E-state index contributed by atoms with van der Waals surface area (Å²) >= 11 is 0. The van der Waals surface area contributed by atoms with Gasteiger partial charge in [-0.3, -0.25) is 4.79 Å². The molecule has 0 aliphatic carbocycles. The second-order valence-corrected chi connectivity index (χ2v) is 6.50. The zero-order chi connectivity index (χ0) is 21.4. The number of ether oxygens (including phenoxy) is 1. The summed E-state index contributed by atoms with van der Waals surface area (Å²) in [4.78, 5) is 23.8. The fourth-order valence-corrected chi connectivity index (χ4v) is 2.59. The molecule has 2 aromatic rings. The lowest BCUT2D eigenvalue weighted by Gasteiger charge is -2.17. The summed E-state index contributed by atoms with van der Waals surface area (Å²) < 4.78 is 42.5. The smallest absolute Gasteiger partial charge is 0.416 e. The van der Waals surface area contributed by atoms with Crippen LogP contribution in [0.25, 0.3) is 6.08 Å². The number of carbonyl (C=O) groups excluding carboxylic acids is 2. The van der Waals surface area contributed by atoms with Crippen LogP contribution < -0.4 is 5.32 Å². The van der Waals surface area contributed by atoms with Crippen molar-refractivity contribution in [2.24, 2.45) is 0 Å². The van der Waals surface area contributed by atoms with Crippen LogP contribution in [0, 0.1) is 6.92 Å². The topological polar surface area (TPSA) is 55.4 Å². The number of nitrogens with one attached hydrogen (secondary N) is 1. The van der Waals surface area contributed by atoms with Gasteiger partial charge in [-0.1, -0.05) is 48.9 Å². The van der Waals surface area contributed by atoms with Gasteiger partial charge in [-0.15, -0.1) is 0 Å². The molecule has 4 nitrogen and oxygen atoms in total. The Balaban J connectivity index is 1.84. The maximum atomic E-state index is 12.5. The van der Waals surface area contributed by atoms with Crippen molar-refractivity contribution in [3.05, 3.63) is 76.9 Å². The molecule has 0 fully saturated rings. The molecule has 1 amide bonds. The van der Waals surface area contributed by atoms with Crippen molar-refractivity contribution < 1.29 is 27.5 Å². The van der Waals surface area contributed by atoms with Crippen molar-refractivity contribution in [2.45, 2.75) is 32.5 Å². The van der Waals surface area contributed by atoms with Gasteiger partial charge >= 0.3 is 12.1 Å². The van der Waals surface area contributed by atoms with E-state index in [1.807, 2.05) is 38.1 Å². The molecule has 1 N–H and O–H groups in total. The van der Waals surface area contributed by atoms with Gasteiger partial charge < -0.3 is 10.1 Å². The molecule has 0 bridgehead atoms. The number of benzene rings is 2. The largest absolute Gasteiger partial charge is 0.452 e. The van der Waals surface area contributed by atoms with E-state index in [0.717, 1.165) is 29.3 Å². The molecule has 154 valence electrons. The van der Waals surface area contributed by atoms with Crippen molar-refractivity contribution in [3.63, 3.8) is 0 Å². The summed E-state index contributed by atoms with van der Waals surface area (Å²) in [6.07, 6.45) is -1.35. The predicted octanol–water partition coefficient (Wildman–Crippen LogP) is 4.84. The molecule has 29 heavy (non-hydrogen) atoms. The van der Waals surface area contributed by atoms with Gasteiger partial charge in [0.15, 0.2) is 6.61 Å². The van der Waals surface area contributed by atoms with Crippen molar-refractivity contribution in [1.29, 1.82) is 0 Å². The normalized spacial score (nSPS) is 12.6. The Morgan fingerprint density at radius 2 is 1.69 bits per heavy atom. The van der Waals surface area contributed by atoms with Crippen LogP contribution in [0.3, 0.4) is 0 Å². The minimum Gasteiger partial charge on any atom is -0.452 e. The Hall–Kier alpha value is -3.09. The van der Waals surface area contributed by atoms with Gasteiger partial charge in [0.1, 0.15) is 0 Å². The molecule has 0 heterocycles. The number of hydrogen-bond acceptors (Lipinski definition) is 3. The van der Waals surface area contributed by atoms with Crippen molar-refractivity contribution in [3.8, 4) is 0 Å². The first-order valence-electron chi connectivity index (χ1n) is 9.07. The van der Waals surface area contributed by atoms with Gasteiger partial charge in [0, 0.05) is 6.08 Å². The molecule has 2 rings (SSSR count). The van der Waals surface area contributed by atoms with Gasteiger partial charge in [0.25, 0.3) is 5.91 Å². The molecule has 0 unspecified atom stereocenters. The van der Waals surface area contributed by atoms with Crippen molar-refractivity contribution in [1.82, 2.24) is 5.32 Å². The molecule has 1 atom stereocenters. The van der Waals surface area contributed by atoms with Crippen LogP contribution in [-0.2, 0) is 20.5 Å². The molecular formula is C22H22F3NO3. The number of esters is 1. The van der Waals surface area contributed by atoms with Crippen LogP contribution in [0.2, 0.25) is 0 Å². The Kier molecular flexibility index (Phi) is 7.59. The molecule has 2 aromatic carbocycles. The van der Waals surface area contributed by atoms with Gasteiger partial charge in [-0.2, -0.15) is 13.2 Å². The lowest BCUT2D eigenvalue weighted by atomic mass is 10.0. The average molecular weight is 405 g/mol. The van der Waals surface area contributed by atoms with Crippen LogP contribution in [0.4, 0.5) is 13.2 Å². The second-order valence-electron chi connectivity index (χ2n) is 6.50. The van der Waals surface area contributed by atoms with E-state index >= 15 is 0 Å². The summed E-state index contributed by atoms with van der Waals surface area (Å²) in [7, 11) is 0. The minimum atomic E-state index is -4.41. The monoisotopic (exact) mass is 405 g/mol. The fourth-order valence-electron chi connectivity index (χ4n) is 2.59. The van der Waals surface area contributed by atoms with Gasteiger partial charge in [0.2, 0.25) is 0 Å². The van der Waals surface area contributed by atoms with Gasteiger partial charge in [0.05, 0.1) is 11.6 Å². The molecule has 7 heteroatoms. The third kappa shape index (κ3) is 7.10. The van der Waals surface area contributed by atoms with E-state index in [-0.39, 0.29) is 6.04 Å². The SMILES string of the molecule is CC[C@H](NC(=O)COC(=O)/C=C/c1ccc(C(F)(F)F)cc1)c1ccc(C)cc1. The van der Waals surface area contributed by atoms with E-state index in [1.165, 1.54) is 18.2 Å². The Morgan fingerprint density at radius 1 is 1.07 bits per heavy atom. The number of halogens is 3. The maximum Gasteiger partial charge on any atom is 0.416 e. The van der Waals surface area contributed by atoms with E-state index in [2.05, 4.69) is 5.32 Å². The lowest BCUT2D eigenvalue weighted by molar-refractivity contribution is -0.144. The van der Waals surface area contributed by atoms with E-state index < -0.39 is 30.2 Å². The molecule has 0 aliphatic rings. The fraction of sp³-hybridized carbons (Fsp3) is 0.273. The number of hydrogen-bond donors (Lipinski definition) is 1. The number of amides is 1. The Bertz CT molecular complexity index is 856. The minimum absolute atomic E-state index is 0.190. The number of aryl methyl sites for hydroxylation is 1. The third-order valence-electron chi connectivity index (χ3n) is 4.22. The van der Waals surface area contributed by atoms with E-state index in [1.54, 1.807) is 0 Å². The summed E-state index contributed by atoms with van der Waals surface area (Å²) in [5.74, 6) is -1.20. The van der Waals surface area contributed by atoms with Crippen LogP contribution in [-0.4, -0.2) is 18.5 Å². The van der Waals surface area contributed by atoms with Crippen LogP contribution >= 0.6 is 0 Å². The van der Waals surface area contributed by atoms with Crippen LogP contribution in [0.15, 0.2) is 54.6 Å². The van der Waals surface area contributed by atoms with Crippen LogP contribution in [0.1, 0.15) is 41.6 Å². The molecule has 0 radical (unpaired) electrons. The predicted molar refractivity (Wildman–Crippen MR) is 104 cm³/mol. The van der Waals surface area contributed by atoms with Crippen LogP contribution in [0.5, 0.6) is 0 Å². The molecular weight excluding hydrogens is 383 g/mol. The first kappa shape index (κ1) is 22.2. The Morgan fingerprint density at radius 3 is 2.24 bits per heavy atom. The summed E-state index contributed by atoms with van der Waals surface area (Å²) in [5.41, 5.74) is 1.71. The maximum absolute atomic E-state index is 12.5. The summed E-state index contributed by atoms with van der Waals surface area (Å²) in [6, 6.07) is 11.9. The Labute approximate surface area is 167 Å². The number of carbonyl (C=O) groups is 2. The highest BCUT2D eigenvalue weighted by Gasteiger charge is 2.29. The number of alkyl halides is 3. The van der Waals surface area contributed by atoms with Crippen molar-refractivity contribution >= 4 is 18.0 Å². The molecule has 0 spiro atoms. The highest BCUT2D eigenvalue weighted by Crippen LogP contribution is 2.29. The molecule has 0 saturated heterocycles. The van der Waals surface area contributed by atoms with E-state index in [4.69, 9.17) is 4.74 Å². The first-order chi connectivity index (χ1) is 13.7. The van der Waals surface area contributed by atoms with Gasteiger partial charge in [-0.05, 0) is 42.7 Å². The molecule has 0 saturated carbocycles. The first-order valence-corrected chi connectivity index (χ1v) is 9.07. The lowest BCUT2D eigenvalue weighted by Crippen LogP contribution is -2.32. The highest BCUT2D eigenvalue weighted by atomic mass is 19.4. The van der Waals surface area contributed by atoms with E-state index in [9.17, 15) is 22.8 Å². The van der Waals surface area contributed by atoms with Crippen molar-refractivity contribution in [2.75, 3.05) is 6.61 Å². The van der Waals surface area contributed by atoms with Gasteiger partial charge in [-0.25, -0.2) is 4.79 Å². The number of rotatable bonds is 7. The zero-order valence-electron chi connectivity index (χ0n) is 16.1. The zero-order valence-corrected chi connectivity index (χ0v) is 16.1. The highest BCUT2D eigenvalue weighted by molar-refractivity contribution is 5.89. The summed E-state index contributed by atoms with van der Waals surface area (Å²) in [6.45, 7) is 3.46.